The van der Waals surface area contributed by atoms with Crippen LogP contribution in [0.4, 0.5) is 0 Å². The van der Waals surface area contributed by atoms with Gasteiger partial charge in [-0.1, -0.05) is 104 Å². The molecule has 5 aromatic rings. The summed E-state index contributed by atoms with van der Waals surface area (Å²) in [6.07, 6.45) is 8.37. The molecule has 0 saturated heterocycles. The van der Waals surface area contributed by atoms with Crippen LogP contribution in [0.1, 0.15) is 49.1 Å². The number of carboxylic acid groups (broad SMARTS) is 1. The zero-order valence-corrected chi connectivity index (χ0v) is 23.3. The number of hydrogen-bond acceptors (Lipinski definition) is 2. The predicted molar refractivity (Wildman–Crippen MR) is 165 cm³/mol. The van der Waals surface area contributed by atoms with Crippen LogP contribution in [0.25, 0.3) is 32.8 Å². The number of benzene rings is 4. The number of carbonyl (C=O) groups is 2. The highest BCUT2D eigenvalue weighted by atomic mass is 16.4. The van der Waals surface area contributed by atoms with Crippen LogP contribution in [-0.4, -0.2) is 40.0 Å². The molecule has 1 unspecified atom stereocenters. The Bertz CT molecular complexity index is 1660. The van der Waals surface area contributed by atoms with Gasteiger partial charge in [0.05, 0.1) is 0 Å². The average molecular weight is 545 g/mol. The van der Waals surface area contributed by atoms with E-state index in [4.69, 9.17) is 0 Å². The molecule has 41 heavy (non-hydrogen) atoms. The smallest absolute Gasteiger partial charge is 0.394 e. The molecule has 1 heterocycles. The topological polar surface area (TPSA) is 73.4 Å². The van der Waals surface area contributed by atoms with Gasteiger partial charge in [-0.2, -0.15) is 0 Å². The molecule has 0 bridgehead atoms. The molecule has 0 spiro atoms. The predicted octanol–water partition coefficient (Wildman–Crippen LogP) is 7.81. The lowest BCUT2D eigenvalue weighted by molar-refractivity contribution is -0.156. The zero-order valence-electron chi connectivity index (χ0n) is 23.3. The van der Waals surface area contributed by atoms with Crippen molar-refractivity contribution in [2.24, 2.45) is 5.92 Å². The van der Waals surface area contributed by atoms with Gasteiger partial charge in [0.25, 0.3) is 0 Å². The molecule has 5 heteroatoms. The summed E-state index contributed by atoms with van der Waals surface area (Å²) in [7, 11) is 0. The molecule has 1 amide bonds. The summed E-state index contributed by atoms with van der Waals surface area (Å²) in [5.74, 6) is -1.71. The number of hydrogen-bond donors (Lipinski definition) is 2. The molecule has 4 aromatic carbocycles. The van der Waals surface area contributed by atoms with Crippen LogP contribution in [0.3, 0.4) is 0 Å². The van der Waals surface area contributed by atoms with Gasteiger partial charge in [-0.15, -0.1) is 0 Å². The number of carboxylic acids is 1. The Morgan fingerprint density at radius 2 is 1.54 bits per heavy atom. The largest absolute Gasteiger partial charge is 0.474 e. The Morgan fingerprint density at radius 1 is 0.829 bits per heavy atom. The molecule has 1 atom stereocenters. The van der Waals surface area contributed by atoms with Crippen molar-refractivity contribution < 1.29 is 14.7 Å². The summed E-state index contributed by atoms with van der Waals surface area (Å²) in [5, 5.41) is 13.3. The number of aromatic amines is 1. The molecule has 5 nitrogen and oxygen atoms in total. The van der Waals surface area contributed by atoms with Gasteiger partial charge in [-0.05, 0) is 64.3 Å². The first kappa shape index (κ1) is 26.8. The Hall–Kier alpha value is -4.38. The first-order valence-corrected chi connectivity index (χ1v) is 14.7. The van der Waals surface area contributed by atoms with E-state index in [2.05, 4.69) is 77.8 Å². The van der Waals surface area contributed by atoms with Crippen LogP contribution in [0, 0.1) is 5.92 Å². The maximum absolute atomic E-state index is 13.0. The van der Waals surface area contributed by atoms with Crippen LogP contribution >= 0.6 is 0 Å². The molecule has 1 saturated carbocycles. The number of H-pyrrole nitrogens is 1. The van der Waals surface area contributed by atoms with Gasteiger partial charge in [0, 0.05) is 36.1 Å². The Kier molecular flexibility index (Phi) is 7.86. The lowest BCUT2D eigenvalue weighted by Crippen LogP contribution is -2.42. The van der Waals surface area contributed by atoms with Gasteiger partial charge in [-0.25, -0.2) is 4.79 Å². The van der Waals surface area contributed by atoms with Crippen LogP contribution in [0.15, 0.2) is 97.2 Å². The molecule has 1 aliphatic rings. The Morgan fingerprint density at radius 3 is 2.32 bits per heavy atom. The molecule has 0 radical (unpaired) electrons. The number of aliphatic carboxylic acids is 1. The quantitative estimate of drug-likeness (QED) is 0.196. The summed E-state index contributed by atoms with van der Waals surface area (Å²) in [4.78, 5) is 29.8. The number of rotatable bonds is 8. The van der Waals surface area contributed by atoms with Gasteiger partial charge in [0.15, 0.2) is 0 Å². The van der Waals surface area contributed by atoms with E-state index in [9.17, 15) is 14.7 Å². The lowest BCUT2D eigenvalue weighted by atomic mass is 9.76. The van der Waals surface area contributed by atoms with Crippen molar-refractivity contribution in [3.63, 3.8) is 0 Å². The second-order valence-corrected chi connectivity index (χ2v) is 11.3. The third kappa shape index (κ3) is 5.76. The van der Waals surface area contributed by atoms with Crippen LogP contribution in [0.2, 0.25) is 0 Å². The van der Waals surface area contributed by atoms with E-state index < -0.39 is 11.9 Å². The lowest BCUT2D eigenvalue weighted by Gasteiger charge is -2.34. The van der Waals surface area contributed by atoms with Crippen LogP contribution in [-0.2, 0) is 16.0 Å². The van der Waals surface area contributed by atoms with E-state index in [0.717, 1.165) is 34.9 Å². The molecule has 208 valence electrons. The van der Waals surface area contributed by atoms with Crippen molar-refractivity contribution in [1.29, 1.82) is 0 Å². The highest BCUT2D eigenvalue weighted by Gasteiger charge is 2.31. The highest BCUT2D eigenvalue weighted by molar-refractivity contribution is 6.31. The number of aromatic nitrogens is 1. The summed E-state index contributed by atoms with van der Waals surface area (Å²) in [6, 6.07) is 31.7. The fraction of sp³-hybridized carbons (Fsp3) is 0.278. The van der Waals surface area contributed by atoms with Crippen molar-refractivity contribution in [2.45, 2.75) is 44.4 Å². The SMILES string of the molecule is O=C(O)C(=O)N(CCc1c[nH]c2ccccc12)CC(c1ccc(-c2cccc3ccccc23)cc1)C1CCCCC1. The molecule has 1 aromatic heterocycles. The maximum atomic E-state index is 13.0. The van der Waals surface area contributed by atoms with E-state index in [-0.39, 0.29) is 5.92 Å². The van der Waals surface area contributed by atoms with Crippen molar-refractivity contribution in [2.75, 3.05) is 13.1 Å². The number of nitrogens with zero attached hydrogens (tertiary/aromatic N) is 1. The second kappa shape index (κ2) is 12.0. The maximum Gasteiger partial charge on any atom is 0.394 e. The standard InChI is InChI=1S/C36H36N2O3/c39-35(36(40)41)38(22-21-29-23-37-34-16-7-6-14-32(29)34)24-33(26-9-2-1-3-10-26)28-19-17-27(18-20-28)31-15-8-12-25-11-4-5-13-30(25)31/h4-8,11-20,23,26,33,37H,1-3,9-10,21-22,24H2,(H,40,41). The first-order chi connectivity index (χ1) is 20.1. The van der Waals surface area contributed by atoms with E-state index in [1.165, 1.54) is 41.2 Å². The van der Waals surface area contributed by atoms with E-state index >= 15 is 0 Å². The minimum Gasteiger partial charge on any atom is -0.474 e. The third-order valence-electron chi connectivity index (χ3n) is 8.87. The first-order valence-electron chi connectivity index (χ1n) is 14.7. The zero-order chi connectivity index (χ0) is 28.2. The molecule has 1 aliphatic carbocycles. The second-order valence-electron chi connectivity index (χ2n) is 11.3. The average Bonchev–Trinajstić information content (AvgIpc) is 3.44. The van der Waals surface area contributed by atoms with Crippen molar-refractivity contribution in [3.8, 4) is 11.1 Å². The number of carbonyl (C=O) groups excluding carboxylic acids is 1. The molecular weight excluding hydrogens is 508 g/mol. The highest BCUT2D eigenvalue weighted by Crippen LogP contribution is 2.38. The number of fused-ring (bicyclic) bond motifs is 2. The van der Waals surface area contributed by atoms with Crippen molar-refractivity contribution in [1.82, 2.24) is 9.88 Å². The number of nitrogens with one attached hydrogen (secondary N) is 1. The molecule has 6 rings (SSSR count). The molecule has 0 aliphatic heterocycles. The summed E-state index contributed by atoms with van der Waals surface area (Å²) in [6.45, 7) is 0.774. The van der Waals surface area contributed by atoms with Gasteiger partial charge in [0.1, 0.15) is 0 Å². The van der Waals surface area contributed by atoms with E-state index in [1.54, 1.807) is 4.90 Å². The normalized spacial score (nSPS) is 14.7. The summed E-state index contributed by atoms with van der Waals surface area (Å²) >= 11 is 0. The minimum absolute atomic E-state index is 0.0862. The van der Waals surface area contributed by atoms with Crippen molar-refractivity contribution in [3.05, 3.63) is 108 Å². The van der Waals surface area contributed by atoms with Crippen molar-refractivity contribution >= 4 is 33.6 Å². The summed E-state index contributed by atoms with van der Waals surface area (Å²) in [5.41, 5.74) is 5.68. The van der Waals surface area contributed by atoms with Crippen LogP contribution < -0.4 is 0 Å². The Balaban J connectivity index is 1.29. The number of para-hydroxylation sites is 1. The van der Waals surface area contributed by atoms with Gasteiger partial charge in [0.2, 0.25) is 0 Å². The molecular formula is C36H36N2O3. The molecule has 2 N–H and O–H groups in total. The van der Waals surface area contributed by atoms with Crippen LogP contribution in [0.5, 0.6) is 0 Å². The fourth-order valence-corrected chi connectivity index (χ4v) is 6.69. The third-order valence-corrected chi connectivity index (χ3v) is 8.87. The van der Waals surface area contributed by atoms with Gasteiger partial charge < -0.3 is 15.0 Å². The summed E-state index contributed by atoms with van der Waals surface area (Å²) < 4.78 is 0. The Labute approximate surface area is 240 Å². The minimum atomic E-state index is -1.39. The monoisotopic (exact) mass is 544 g/mol. The van der Waals surface area contributed by atoms with E-state index in [0.29, 0.717) is 25.4 Å². The molecule has 1 fully saturated rings. The van der Waals surface area contributed by atoms with Gasteiger partial charge in [-0.3, -0.25) is 4.79 Å². The van der Waals surface area contributed by atoms with Gasteiger partial charge >= 0.3 is 11.9 Å². The fourth-order valence-electron chi connectivity index (χ4n) is 6.69. The number of amides is 1. The van der Waals surface area contributed by atoms with E-state index in [1.807, 2.05) is 24.4 Å².